The number of hydrogen-bond donors (Lipinski definition) is 2. The number of carbonyl (C=O) groups is 1. The van der Waals surface area contributed by atoms with Crippen LogP contribution in [0.2, 0.25) is 0 Å². The van der Waals surface area contributed by atoms with Gasteiger partial charge in [-0.3, -0.25) is 4.79 Å². The summed E-state index contributed by atoms with van der Waals surface area (Å²) in [6, 6.07) is 9.67. The molecule has 0 saturated carbocycles. The van der Waals surface area contributed by atoms with Gasteiger partial charge in [-0.25, -0.2) is 4.98 Å². The molecule has 0 fully saturated rings. The van der Waals surface area contributed by atoms with Crippen LogP contribution in [0.1, 0.15) is 38.2 Å². The van der Waals surface area contributed by atoms with Crippen LogP contribution < -0.4 is 10.6 Å². The summed E-state index contributed by atoms with van der Waals surface area (Å²) in [6.45, 7) is 9.73. The smallest absolute Gasteiger partial charge is 0.269 e. The third-order valence-electron chi connectivity index (χ3n) is 3.10. The molecule has 112 valence electrons. The molecule has 1 amide bonds. The Morgan fingerprint density at radius 1 is 1.24 bits per heavy atom. The number of carbonyl (C=O) groups excluding carboxylic acids is 1. The predicted octanol–water partition coefficient (Wildman–Crippen LogP) is 3.44. The van der Waals surface area contributed by atoms with Gasteiger partial charge in [0.25, 0.3) is 5.91 Å². The number of benzene rings is 1. The van der Waals surface area contributed by atoms with E-state index in [0.717, 1.165) is 23.1 Å². The average Bonchev–Trinajstić information content (AvgIpc) is 2.44. The summed E-state index contributed by atoms with van der Waals surface area (Å²) in [5, 5.41) is 7.28. The summed E-state index contributed by atoms with van der Waals surface area (Å²) in [6.07, 6.45) is 0. The maximum atomic E-state index is 12.3. The lowest BCUT2D eigenvalue weighted by Crippen LogP contribution is -2.32. The Labute approximate surface area is 126 Å². The molecule has 21 heavy (non-hydrogen) atoms. The van der Waals surface area contributed by atoms with E-state index in [1.165, 1.54) is 0 Å². The molecule has 0 aliphatic carbocycles. The topological polar surface area (TPSA) is 54.0 Å². The highest BCUT2D eigenvalue weighted by molar-refractivity contribution is 5.99. The molecule has 0 bridgehead atoms. The normalized spacial score (nSPS) is 11.4. The fraction of sp³-hybridized carbons (Fsp3) is 0.412. The first kappa shape index (κ1) is 15.3. The third-order valence-corrected chi connectivity index (χ3v) is 3.10. The second kappa shape index (κ2) is 6.12. The fourth-order valence-electron chi connectivity index (χ4n) is 2.06. The molecule has 0 unspecified atom stereocenters. The van der Waals surface area contributed by atoms with Crippen molar-refractivity contribution in [2.75, 3.05) is 18.4 Å². The first-order valence-corrected chi connectivity index (χ1v) is 7.32. The van der Waals surface area contributed by atoms with Crippen molar-refractivity contribution < 1.29 is 4.79 Å². The molecule has 1 aromatic carbocycles. The fourth-order valence-corrected chi connectivity index (χ4v) is 2.06. The number of pyridine rings is 1. The van der Waals surface area contributed by atoms with Crippen LogP contribution in [0.15, 0.2) is 30.3 Å². The number of rotatable bonds is 4. The van der Waals surface area contributed by atoms with Gasteiger partial charge >= 0.3 is 0 Å². The van der Waals surface area contributed by atoms with Crippen molar-refractivity contribution in [2.24, 2.45) is 5.41 Å². The van der Waals surface area contributed by atoms with Crippen LogP contribution >= 0.6 is 0 Å². The third kappa shape index (κ3) is 3.94. The number of hydrogen-bond acceptors (Lipinski definition) is 3. The highest BCUT2D eigenvalue weighted by atomic mass is 16.1. The van der Waals surface area contributed by atoms with Gasteiger partial charge in [-0.1, -0.05) is 39.0 Å². The molecule has 1 aromatic heterocycles. The summed E-state index contributed by atoms with van der Waals surface area (Å²) in [5.74, 6) is -0.130. The van der Waals surface area contributed by atoms with Crippen LogP contribution in [0.4, 0.5) is 5.69 Å². The predicted molar refractivity (Wildman–Crippen MR) is 87.7 cm³/mol. The van der Waals surface area contributed by atoms with E-state index in [2.05, 4.69) is 36.4 Å². The van der Waals surface area contributed by atoms with Crippen molar-refractivity contribution in [1.29, 1.82) is 0 Å². The van der Waals surface area contributed by atoms with E-state index in [1.54, 1.807) is 0 Å². The molecule has 0 spiro atoms. The summed E-state index contributed by atoms with van der Waals surface area (Å²) < 4.78 is 0. The minimum atomic E-state index is -0.130. The Kier molecular flexibility index (Phi) is 4.46. The van der Waals surface area contributed by atoms with Crippen LogP contribution in [0, 0.1) is 5.41 Å². The van der Waals surface area contributed by atoms with E-state index in [9.17, 15) is 4.79 Å². The molecule has 4 heteroatoms. The first-order chi connectivity index (χ1) is 9.90. The Morgan fingerprint density at radius 2 is 1.95 bits per heavy atom. The van der Waals surface area contributed by atoms with Crippen molar-refractivity contribution in [1.82, 2.24) is 10.3 Å². The summed E-state index contributed by atoms with van der Waals surface area (Å²) in [7, 11) is 0. The van der Waals surface area contributed by atoms with Crippen LogP contribution in [0.5, 0.6) is 0 Å². The van der Waals surface area contributed by atoms with Gasteiger partial charge in [-0.05, 0) is 24.5 Å². The summed E-state index contributed by atoms with van der Waals surface area (Å²) in [4.78, 5) is 16.8. The van der Waals surface area contributed by atoms with Gasteiger partial charge in [0.15, 0.2) is 0 Å². The van der Waals surface area contributed by atoms with Crippen LogP contribution in [-0.4, -0.2) is 24.0 Å². The minimum absolute atomic E-state index is 0.0526. The molecule has 1 heterocycles. The van der Waals surface area contributed by atoms with Crippen molar-refractivity contribution in [3.8, 4) is 0 Å². The van der Waals surface area contributed by atoms with E-state index < -0.39 is 0 Å². The number of fused-ring (bicyclic) bond motifs is 1. The van der Waals surface area contributed by atoms with E-state index in [1.807, 2.05) is 37.3 Å². The van der Waals surface area contributed by atoms with Gasteiger partial charge in [0.1, 0.15) is 5.69 Å². The van der Waals surface area contributed by atoms with E-state index >= 15 is 0 Å². The largest absolute Gasteiger partial charge is 0.385 e. The molecule has 0 aliphatic rings. The lowest BCUT2D eigenvalue weighted by Gasteiger charge is -2.18. The van der Waals surface area contributed by atoms with Crippen molar-refractivity contribution in [3.63, 3.8) is 0 Å². The zero-order valence-corrected chi connectivity index (χ0v) is 13.2. The molecule has 0 atom stereocenters. The van der Waals surface area contributed by atoms with E-state index in [-0.39, 0.29) is 11.3 Å². The first-order valence-electron chi connectivity index (χ1n) is 7.32. The number of aromatic nitrogens is 1. The highest BCUT2D eigenvalue weighted by Crippen LogP contribution is 2.23. The Morgan fingerprint density at radius 3 is 2.62 bits per heavy atom. The highest BCUT2D eigenvalue weighted by Gasteiger charge is 2.15. The second-order valence-electron chi connectivity index (χ2n) is 6.35. The maximum Gasteiger partial charge on any atom is 0.269 e. The van der Waals surface area contributed by atoms with Crippen molar-refractivity contribution in [2.45, 2.75) is 27.7 Å². The number of amides is 1. The molecule has 0 aliphatic heterocycles. The second-order valence-corrected chi connectivity index (χ2v) is 6.35. The lowest BCUT2D eigenvalue weighted by molar-refractivity contribution is 0.0934. The van der Waals surface area contributed by atoms with Crippen molar-refractivity contribution in [3.05, 3.63) is 36.0 Å². The molecular weight excluding hydrogens is 262 g/mol. The number of anilines is 1. The molecule has 0 saturated heterocycles. The van der Waals surface area contributed by atoms with Gasteiger partial charge in [0.05, 0.1) is 5.52 Å². The molecule has 2 rings (SSSR count). The summed E-state index contributed by atoms with van der Waals surface area (Å²) in [5.41, 5.74) is 2.28. The minimum Gasteiger partial charge on any atom is -0.385 e. The zero-order chi connectivity index (χ0) is 15.5. The van der Waals surface area contributed by atoms with Gasteiger partial charge in [-0.15, -0.1) is 0 Å². The van der Waals surface area contributed by atoms with Crippen LogP contribution in [0.3, 0.4) is 0 Å². The van der Waals surface area contributed by atoms with E-state index in [4.69, 9.17) is 0 Å². The molecule has 2 N–H and O–H groups in total. The lowest BCUT2D eigenvalue weighted by atomic mass is 9.97. The number of nitrogens with one attached hydrogen (secondary N) is 2. The Hall–Kier alpha value is -2.10. The Balaban J connectivity index is 2.33. The number of nitrogens with zero attached hydrogens (tertiary/aromatic N) is 1. The standard InChI is InChI=1S/C17H23N3O/c1-5-18-14-10-15(16(21)19-11-17(2,3)4)20-13-9-7-6-8-12(13)14/h6-10H,5,11H2,1-4H3,(H,18,20)(H,19,21). The van der Waals surface area contributed by atoms with Gasteiger partial charge < -0.3 is 10.6 Å². The average molecular weight is 285 g/mol. The van der Waals surface area contributed by atoms with Crippen molar-refractivity contribution >= 4 is 22.5 Å². The zero-order valence-electron chi connectivity index (χ0n) is 13.2. The molecular formula is C17H23N3O. The summed E-state index contributed by atoms with van der Waals surface area (Å²) >= 11 is 0. The van der Waals surface area contributed by atoms with Crippen LogP contribution in [0.25, 0.3) is 10.9 Å². The van der Waals surface area contributed by atoms with Crippen LogP contribution in [-0.2, 0) is 0 Å². The SMILES string of the molecule is CCNc1cc(C(=O)NCC(C)(C)C)nc2ccccc12. The number of para-hydroxylation sites is 1. The maximum absolute atomic E-state index is 12.3. The Bertz CT molecular complexity index is 644. The van der Waals surface area contributed by atoms with E-state index in [0.29, 0.717) is 12.2 Å². The van der Waals surface area contributed by atoms with Gasteiger partial charge in [0, 0.05) is 24.2 Å². The quantitative estimate of drug-likeness (QED) is 0.904. The van der Waals surface area contributed by atoms with Gasteiger partial charge in [-0.2, -0.15) is 0 Å². The van der Waals surface area contributed by atoms with Gasteiger partial charge in [0.2, 0.25) is 0 Å². The monoisotopic (exact) mass is 285 g/mol. The molecule has 4 nitrogen and oxygen atoms in total. The molecule has 2 aromatic rings. The molecule has 0 radical (unpaired) electrons.